The van der Waals surface area contributed by atoms with Crippen molar-refractivity contribution in [2.75, 3.05) is 19.7 Å². The SMILES string of the molecule is Cn1cc(-c2c[c]cc(OCCNC(=O)CCN)c2)cn1. The van der Waals surface area contributed by atoms with Crippen LogP contribution < -0.4 is 15.8 Å². The second-order valence-electron chi connectivity index (χ2n) is 4.60. The summed E-state index contributed by atoms with van der Waals surface area (Å²) in [6.45, 7) is 1.21. The number of ether oxygens (including phenoxy) is 1. The third-order valence-electron chi connectivity index (χ3n) is 2.86. The number of hydrogen-bond donors (Lipinski definition) is 2. The van der Waals surface area contributed by atoms with Gasteiger partial charge in [0.15, 0.2) is 0 Å². The lowest BCUT2D eigenvalue weighted by Crippen LogP contribution is -2.29. The molecular weight excluding hydrogens is 268 g/mol. The molecule has 6 nitrogen and oxygen atoms in total. The number of hydrogen-bond acceptors (Lipinski definition) is 4. The fourth-order valence-electron chi connectivity index (χ4n) is 1.85. The van der Waals surface area contributed by atoms with Gasteiger partial charge in [-0.25, -0.2) is 0 Å². The van der Waals surface area contributed by atoms with Crippen LogP contribution in [-0.4, -0.2) is 35.4 Å². The summed E-state index contributed by atoms with van der Waals surface area (Å²) >= 11 is 0. The molecule has 0 aliphatic carbocycles. The molecule has 0 bridgehead atoms. The van der Waals surface area contributed by atoms with Crippen LogP contribution in [0.2, 0.25) is 0 Å². The van der Waals surface area contributed by atoms with Gasteiger partial charge in [-0.1, -0.05) is 0 Å². The molecule has 2 rings (SSSR count). The molecule has 0 atom stereocenters. The predicted molar refractivity (Wildman–Crippen MR) is 79.7 cm³/mol. The lowest BCUT2D eigenvalue weighted by Gasteiger charge is -2.08. The second kappa shape index (κ2) is 7.44. The van der Waals surface area contributed by atoms with E-state index in [2.05, 4.69) is 16.5 Å². The lowest BCUT2D eigenvalue weighted by atomic mass is 10.1. The molecule has 111 valence electrons. The van der Waals surface area contributed by atoms with E-state index in [0.717, 1.165) is 11.1 Å². The molecule has 0 fully saturated rings. The highest BCUT2D eigenvalue weighted by molar-refractivity contribution is 5.75. The summed E-state index contributed by atoms with van der Waals surface area (Å²) in [4.78, 5) is 11.2. The van der Waals surface area contributed by atoms with Crippen molar-refractivity contribution >= 4 is 5.91 Å². The van der Waals surface area contributed by atoms with Gasteiger partial charge in [0, 0.05) is 31.8 Å². The summed E-state index contributed by atoms with van der Waals surface area (Å²) in [5.41, 5.74) is 7.30. The molecule has 1 heterocycles. The number of rotatable bonds is 7. The average molecular weight is 287 g/mol. The van der Waals surface area contributed by atoms with E-state index in [1.807, 2.05) is 25.4 Å². The van der Waals surface area contributed by atoms with Crippen molar-refractivity contribution in [3.63, 3.8) is 0 Å². The highest BCUT2D eigenvalue weighted by Gasteiger charge is 2.03. The van der Waals surface area contributed by atoms with Gasteiger partial charge < -0.3 is 15.8 Å². The van der Waals surface area contributed by atoms with Crippen LogP contribution >= 0.6 is 0 Å². The molecule has 0 aliphatic heterocycles. The summed E-state index contributed by atoms with van der Waals surface area (Å²) in [5, 5.41) is 6.88. The van der Waals surface area contributed by atoms with E-state index in [1.165, 1.54) is 0 Å². The van der Waals surface area contributed by atoms with Crippen LogP contribution in [0.5, 0.6) is 5.75 Å². The van der Waals surface area contributed by atoms with Crippen molar-refractivity contribution in [1.29, 1.82) is 0 Å². The van der Waals surface area contributed by atoms with Gasteiger partial charge in [0.2, 0.25) is 5.91 Å². The van der Waals surface area contributed by atoms with Crippen molar-refractivity contribution in [1.82, 2.24) is 15.1 Å². The van der Waals surface area contributed by atoms with Crippen LogP contribution in [0.3, 0.4) is 0 Å². The normalized spacial score (nSPS) is 10.4. The first-order chi connectivity index (χ1) is 10.2. The Hall–Kier alpha value is -2.34. The van der Waals surface area contributed by atoms with Gasteiger partial charge in [-0.05, 0) is 29.8 Å². The van der Waals surface area contributed by atoms with E-state index in [9.17, 15) is 4.79 Å². The van der Waals surface area contributed by atoms with Gasteiger partial charge in [-0.3, -0.25) is 9.48 Å². The predicted octanol–water partition coefficient (Wildman–Crippen LogP) is 0.731. The molecule has 0 unspecified atom stereocenters. The highest BCUT2D eigenvalue weighted by atomic mass is 16.5. The monoisotopic (exact) mass is 287 g/mol. The Morgan fingerprint density at radius 3 is 3.05 bits per heavy atom. The van der Waals surface area contributed by atoms with Crippen molar-refractivity contribution < 1.29 is 9.53 Å². The minimum absolute atomic E-state index is 0.0585. The van der Waals surface area contributed by atoms with Crippen LogP contribution in [0.15, 0.2) is 30.6 Å². The minimum atomic E-state index is -0.0585. The smallest absolute Gasteiger partial charge is 0.221 e. The van der Waals surface area contributed by atoms with E-state index in [-0.39, 0.29) is 5.91 Å². The summed E-state index contributed by atoms with van der Waals surface area (Å²) in [5.74, 6) is 0.654. The third-order valence-corrected chi connectivity index (χ3v) is 2.86. The minimum Gasteiger partial charge on any atom is -0.492 e. The molecule has 2 aromatic rings. The zero-order chi connectivity index (χ0) is 15.1. The zero-order valence-electron chi connectivity index (χ0n) is 12.0. The largest absolute Gasteiger partial charge is 0.492 e. The molecule has 1 aromatic carbocycles. The van der Waals surface area contributed by atoms with Crippen molar-refractivity contribution in [3.8, 4) is 16.9 Å². The molecule has 1 radical (unpaired) electrons. The van der Waals surface area contributed by atoms with Gasteiger partial charge in [-0.2, -0.15) is 5.10 Å². The quantitative estimate of drug-likeness (QED) is 0.736. The third kappa shape index (κ3) is 4.61. The number of aryl methyl sites for hydroxylation is 1. The van der Waals surface area contributed by atoms with Crippen LogP contribution in [-0.2, 0) is 11.8 Å². The van der Waals surface area contributed by atoms with Crippen LogP contribution in [0, 0.1) is 6.07 Å². The number of nitrogens with zero attached hydrogens (tertiary/aromatic N) is 2. The molecule has 1 amide bonds. The Morgan fingerprint density at radius 1 is 1.48 bits per heavy atom. The molecule has 6 heteroatoms. The van der Waals surface area contributed by atoms with E-state index in [0.29, 0.717) is 31.9 Å². The Labute approximate surface area is 123 Å². The Kier molecular flexibility index (Phi) is 5.34. The number of amides is 1. The number of aromatic nitrogens is 2. The number of carbonyl (C=O) groups is 1. The van der Waals surface area contributed by atoms with Crippen molar-refractivity contribution in [2.24, 2.45) is 12.8 Å². The Balaban J connectivity index is 1.86. The van der Waals surface area contributed by atoms with E-state index in [4.69, 9.17) is 10.5 Å². The zero-order valence-corrected chi connectivity index (χ0v) is 12.0. The molecule has 0 saturated carbocycles. The van der Waals surface area contributed by atoms with Crippen LogP contribution in [0.4, 0.5) is 0 Å². The first-order valence-electron chi connectivity index (χ1n) is 6.79. The summed E-state index contributed by atoms with van der Waals surface area (Å²) < 4.78 is 7.34. The van der Waals surface area contributed by atoms with Gasteiger partial charge >= 0.3 is 0 Å². The molecular formula is C15H19N4O2. The maximum atomic E-state index is 11.2. The summed E-state index contributed by atoms with van der Waals surface area (Å²) in [7, 11) is 1.87. The molecule has 3 N–H and O–H groups in total. The van der Waals surface area contributed by atoms with E-state index < -0.39 is 0 Å². The number of benzene rings is 1. The topological polar surface area (TPSA) is 82.2 Å². The summed E-state index contributed by atoms with van der Waals surface area (Å²) in [6, 6.07) is 8.61. The number of carbonyl (C=O) groups excluding carboxylic acids is 1. The molecule has 0 spiro atoms. The molecule has 0 aliphatic rings. The van der Waals surface area contributed by atoms with Gasteiger partial charge in [-0.15, -0.1) is 0 Å². The maximum absolute atomic E-state index is 11.2. The maximum Gasteiger partial charge on any atom is 0.221 e. The summed E-state index contributed by atoms with van der Waals surface area (Å²) in [6.07, 6.45) is 4.06. The Morgan fingerprint density at radius 2 is 2.33 bits per heavy atom. The van der Waals surface area contributed by atoms with E-state index in [1.54, 1.807) is 16.9 Å². The second-order valence-corrected chi connectivity index (χ2v) is 4.60. The fourth-order valence-corrected chi connectivity index (χ4v) is 1.85. The highest BCUT2D eigenvalue weighted by Crippen LogP contribution is 2.22. The van der Waals surface area contributed by atoms with Crippen LogP contribution in [0.25, 0.3) is 11.1 Å². The van der Waals surface area contributed by atoms with Crippen molar-refractivity contribution in [3.05, 3.63) is 36.7 Å². The fraction of sp³-hybridized carbons (Fsp3) is 0.333. The first-order valence-corrected chi connectivity index (χ1v) is 6.79. The standard InChI is InChI=1S/C15H19N4O2/c1-19-11-13(10-18-19)12-3-2-4-14(9-12)21-8-7-17-15(20)5-6-16/h3-4,9-11H,5-8,16H2,1H3,(H,17,20). The Bertz CT molecular complexity index is 595. The van der Waals surface area contributed by atoms with Gasteiger partial charge in [0.1, 0.15) is 12.4 Å². The number of nitrogens with two attached hydrogens (primary N) is 1. The lowest BCUT2D eigenvalue weighted by molar-refractivity contribution is -0.120. The van der Waals surface area contributed by atoms with Gasteiger partial charge in [0.25, 0.3) is 0 Å². The van der Waals surface area contributed by atoms with Crippen LogP contribution in [0.1, 0.15) is 6.42 Å². The average Bonchev–Trinajstić information content (AvgIpc) is 2.91. The number of nitrogens with one attached hydrogen (secondary N) is 1. The molecule has 1 aromatic heterocycles. The van der Waals surface area contributed by atoms with E-state index >= 15 is 0 Å². The molecule has 21 heavy (non-hydrogen) atoms. The first kappa shape index (κ1) is 15.1. The van der Waals surface area contributed by atoms with Gasteiger partial charge in [0.05, 0.1) is 12.7 Å². The molecule has 0 saturated heterocycles. The van der Waals surface area contributed by atoms with Crippen molar-refractivity contribution in [2.45, 2.75) is 6.42 Å².